The number of furan rings is 1. The molecule has 1 N–H and O–H groups in total. The van der Waals surface area contributed by atoms with E-state index in [0.29, 0.717) is 21.8 Å². The molecule has 0 aliphatic heterocycles. The summed E-state index contributed by atoms with van der Waals surface area (Å²) in [7, 11) is 1.56. The molecule has 0 aliphatic rings. The number of carbonyl (C=O) groups is 2. The van der Waals surface area contributed by atoms with Crippen LogP contribution in [0.15, 0.2) is 53.3 Å². The molecular weight excluding hydrogens is 328 g/mol. The lowest BCUT2D eigenvalue weighted by atomic mass is 10.1. The van der Waals surface area contributed by atoms with Crippen LogP contribution in [0.25, 0.3) is 10.4 Å². The molecule has 0 aliphatic carbocycles. The second-order valence-electron chi connectivity index (χ2n) is 5.11. The molecule has 2 heterocycles. The molecule has 0 atom stereocenters. The Morgan fingerprint density at radius 3 is 2.54 bits per heavy atom. The van der Waals surface area contributed by atoms with E-state index in [1.165, 1.54) is 17.6 Å². The van der Waals surface area contributed by atoms with E-state index >= 15 is 0 Å². The van der Waals surface area contributed by atoms with Gasteiger partial charge in [0.2, 0.25) is 5.78 Å². The van der Waals surface area contributed by atoms with Gasteiger partial charge in [-0.15, -0.1) is 11.3 Å². The number of ketones is 1. The van der Waals surface area contributed by atoms with Crippen molar-refractivity contribution in [3.8, 4) is 16.2 Å². The van der Waals surface area contributed by atoms with E-state index in [4.69, 9.17) is 14.3 Å². The van der Waals surface area contributed by atoms with Crippen LogP contribution in [-0.4, -0.2) is 24.0 Å². The van der Waals surface area contributed by atoms with Crippen LogP contribution in [0.2, 0.25) is 0 Å². The Morgan fingerprint density at radius 1 is 1.21 bits per heavy atom. The summed E-state index contributed by atoms with van der Waals surface area (Å²) in [6.45, 7) is 0. The van der Waals surface area contributed by atoms with Gasteiger partial charge in [0, 0.05) is 16.0 Å². The van der Waals surface area contributed by atoms with Gasteiger partial charge >= 0.3 is 5.97 Å². The van der Waals surface area contributed by atoms with E-state index < -0.39 is 5.97 Å². The first-order valence-corrected chi connectivity index (χ1v) is 7.96. The number of benzene rings is 1. The quantitative estimate of drug-likeness (QED) is 0.688. The number of carboxylic acids is 1. The normalized spacial score (nSPS) is 10.5. The maximum absolute atomic E-state index is 12.7. The molecule has 0 bridgehead atoms. The molecule has 0 radical (unpaired) electrons. The zero-order chi connectivity index (χ0) is 17.1. The Bertz CT molecular complexity index is 859. The molecule has 0 amide bonds. The summed E-state index contributed by atoms with van der Waals surface area (Å²) in [6.07, 6.45) is 2.91. The summed E-state index contributed by atoms with van der Waals surface area (Å²) in [6, 6.07) is 10.2. The number of rotatable bonds is 6. The van der Waals surface area contributed by atoms with Gasteiger partial charge in [0.25, 0.3) is 0 Å². The van der Waals surface area contributed by atoms with Gasteiger partial charge in [0.05, 0.1) is 30.9 Å². The van der Waals surface area contributed by atoms with Crippen LogP contribution in [0.1, 0.15) is 20.8 Å². The molecule has 2 aromatic heterocycles. The number of carboxylic acid groups (broad SMARTS) is 1. The van der Waals surface area contributed by atoms with Gasteiger partial charge in [0.1, 0.15) is 5.75 Å². The predicted octanol–water partition coefficient (Wildman–Crippen LogP) is 3.87. The van der Waals surface area contributed by atoms with Gasteiger partial charge in [-0.05, 0) is 42.0 Å². The Kier molecular flexibility index (Phi) is 4.48. The Balaban J connectivity index is 1.98. The molecular formula is C18H14O5S. The van der Waals surface area contributed by atoms with Crippen molar-refractivity contribution in [2.24, 2.45) is 0 Å². The molecule has 6 heteroatoms. The van der Waals surface area contributed by atoms with Gasteiger partial charge in [-0.3, -0.25) is 9.59 Å². The van der Waals surface area contributed by atoms with Crippen LogP contribution >= 0.6 is 11.3 Å². The molecule has 1 aromatic carbocycles. The fourth-order valence-electron chi connectivity index (χ4n) is 2.36. The third kappa shape index (κ3) is 3.23. The topological polar surface area (TPSA) is 76.7 Å². The number of aliphatic carboxylic acids is 1. The molecule has 122 valence electrons. The largest absolute Gasteiger partial charge is 0.497 e. The molecule has 0 saturated heterocycles. The Hall–Kier alpha value is -2.86. The molecule has 0 fully saturated rings. The third-order valence-electron chi connectivity index (χ3n) is 3.51. The van der Waals surface area contributed by atoms with Crippen molar-refractivity contribution in [2.75, 3.05) is 7.11 Å². The first-order chi connectivity index (χ1) is 11.6. The van der Waals surface area contributed by atoms with Crippen molar-refractivity contribution in [3.63, 3.8) is 0 Å². The standard InChI is InChI=1S/C18H14O5S/c1-22-14-4-2-11(3-5-14)17(21)15-8-13(9-16(19)20)18(24-15)12-6-7-23-10-12/h2-8,10H,9H2,1H3,(H,19,20). The van der Waals surface area contributed by atoms with Crippen molar-refractivity contribution >= 4 is 23.1 Å². The lowest BCUT2D eigenvalue weighted by Gasteiger charge is -2.01. The zero-order valence-corrected chi connectivity index (χ0v) is 13.6. The molecule has 5 nitrogen and oxygen atoms in total. The first kappa shape index (κ1) is 16.0. The van der Waals surface area contributed by atoms with Crippen molar-refractivity contribution in [1.82, 2.24) is 0 Å². The Morgan fingerprint density at radius 2 is 1.96 bits per heavy atom. The summed E-state index contributed by atoms with van der Waals surface area (Å²) >= 11 is 1.27. The SMILES string of the molecule is COc1ccc(C(=O)c2cc(CC(=O)O)c(-c3ccoc3)s2)cc1. The van der Waals surface area contributed by atoms with Gasteiger partial charge in [-0.25, -0.2) is 0 Å². The molecule has 0 unspecified atom stereocenters. The fraction of sp³-hybridized carbons (Fsp3) is 0.111. The summed E-state index contributed by atoms with van der Waals surface area (Å²) in [5, 5.41) is 9.09. The minimum absolute atomic E-state index is 0.146. The highest BCUT2D eigenvalue weighted by Crippen LogP contribution is 2.34. The van der Waals surface area contributed by atoms with Crippen LogP contribution in [0.4, 0.5) is 0 Å². The zero-order valence-electron chi connectivity index (χ0n) is 12.8. The second-order valence-corrected chi connectivity index (χ2v) is 6.16. The van der Waals surface area contributed by atoms with E-state index in [2.05, 4.69) is 0 Å². The maximum Gasteiger partial charge on any atom is 0.307 e. The number of carbonyl (C=O) groups excluding carboxylic acids is 1. The van der Waals surface area contributed by atoms with Crippen molar-refractivity contribution < 1.29 is 23.8 Å². The molecule has 3 aromatic rings. The van der Waals surface area contributed by atoms with Crippen molar-refractivity contribution in [2.45, 2.75) is 6.42 Å². The van der Waals surface area contributed by atoms with E-state index in [9.17, 15) is 9.59 Å². The summed E-state index contributed by atoms with van der Waals surface area (Å²) in [4.78, 5) is 25.0. The van der Waals surface area contributed by atoms with E-state index in [-0.39, 0.29) is 12.2 Å². The van der Waals surface area contributed by atoms with E-state index in [1.807, 2.05) is 0 Å². The molecule has 0 spiro atoms. The van der Waals surface area contributed by atoms with Crippen molar-refractivity contribution in [3.05, 3.63) is 64.9 Å². The van der Waals surface area contributed by atoms with Gasteiger partial charge in [-0.1, -0.05) is 0 Å². The average molecular weight is 342 g/mol. The minimum atomic E-state index is -0.944. The number of hydrogen-bond donors (Lipinski definition) is 1. The smallest absolute Gasteiger partial charge is 0.307 e. The third-order valence-corrected chi connectivity index (χ3v) is 4.74. The maximum atomic E-state index is 12.7. The van der Waals surface area contributed by atoms with Gasteiger partial charge < -0.3 is 14.3 Å². The van der Waals surface area contributed by atoms with Crippen LogP contribution in [0, 0.1) is 0 Å². The number of hydrogen-bond acceptors (Lipinski definition) is 5. The van der Waals surface area contributed by atoms with Crippen LogP contribution in [0.3, 0.4) is 0 Å². The molecule has 0 saturated carbocycles. The predicted molar refractivity (Wildman–Crippen MR) is 89.8 cm³/mol. The highest BCUT2D eigenvalue weighted by molar-refractivity contribution is 7.17. The highest BCUT2D eigenvalue weighted by atomic mass is 32.1. The molecule has 3 rings (SSSR count). The Labute approximate surface area is 142 Å². The number of ether oxygens (including phenoxy) is 1. The fourth-order valence-corrected chi connectivity index (χ4v) is 3.49. The van der Waals surface area contributed by atoms with Gasteiger partial charge in [-0.2, -0.15) is 0 Å². The summed E-state index contributed by atoms with van der Waals surface area (Å²) in [5.41, 5.74) is 1.90. The molecule has 24 heavy (non-hydrogen) atoms. The van der Waals surface area contributed by atoms with Crippen molar-refractivity contribution in [1.29, 1.82) is 0 Å². The lowest BCUT2D eigenvalue weighted by molar-refractivity contribution is -0.136. The average Bonchev–Trinajstić information content (AvgIpc) is 3.23. The monoisotopic (exact) mass is 342 g/mol. The summed E-state index contributed by atoms with van der Waals surface area (Å²) < 4.78 is 10.2. The van der Waals surface area contributed by atoms with Gasteiger partial charge in [0.15, 0.2) is 0 Å². The number of thiophene rings is 1. The van der Waals surface area contributed by atoms with Crippen LogP contribution < -0.4 is 4.74 Å². The summed E-state index contributed by atoms with van der Waals surface area (Å²) in [5.74, 6) is -0.423. The highest BCUT2D eigenvalue weighted by Gasteiger charge is 2.19. The first-order valence-electron chi connectivity index (χ1n) is 7.14. The van der Waals surface area contributed by atoms with Crippen LogP contribution in [0.5, 0.6) is 5.75 Å². The van der Waals surface area contributed by atoms with E-state index in [1.54, 1.807) is 49.8 Å². The number of methoxy groups -OCH3 is 1. The minimum Gasteiger partial charge on any atom is -0.497 e. The lowest BCUT2D eigenvalue weighted by Crippen LogP contribution is -2.01. The second kappa shape index (κ2) is 6.72. The van der Waals surface area contributed by atoms with Crippen LogP contribution in [-0.2, 0) is 11.2 Å². The van der Waals surface area contributed by atoms with E-state index in [0.717, 1.165) is 10.4 Å².